The van der Waals surface area contributed by atoms with Crippen LogP contribution in [-0.2, 0) is 0 Å². The summed E-state index contributed by atoms with van der Waals surface area (Å²) in [6, 6.07) is 11.3. The van der Waals surface area contributed by atoms with E-state index in [0.29, 0.717) is 16.7 Å². The predicted molar refractivity (Wildman–Crippen MR) is 83.3 cm³/mol. The third-order valence-corrected chi connectivity index (χ3v) is 3.24. The highest BCUT2D eigenvalue weighted by Crippen LogP contribution is 2.05. The van der Waals surface area contributed by atoms with Crippen molar-refractivity contribution in [1.29, 1.82) is 0 Å². The number of rotatable bonds is 1. The first-order chi connectivity index (χ1) is 11.1. The molecule has 4 aromatic rings. The molecule has 7 nitrogen and oxygen atoms in total. The number of pyridine rings is 1. The van der Waals surface area contributed by atoms with E-state index >= 15 is 0 Å². The lowest BCUT2D eigenvalue weighted by Crippen LogP contribution is -2.16. The van der Waals surface area contributed by atoms with Crippen molar-refractivity contribution in [3.05, 3.63) is 87.3 Å². The number of nitrogens with zero attached hydrogens (tertiary/aromatic N) is 3. The lowest BCUT2D eigenvalue weighted by molar-refractivity contribution is 0.0697. The highest BCUT2D eigenvalue weighted by atomic mass is 16.4. The maximum Gasteiger partial charge on any atom is 0.335 e. The molecule has 114 valence electrons. The van der Waals surface area contributed by atoms with Crippen LogP contribution in [0.1, 0.15) is 10.4 Å². The molecule has 1 N–H and O–H groups in total. The van der Waals surface area contributed by atoms with Gasteiger partial charge in [-0.05, 0) is 18.2 Å². The van der Waals surface area contributed by atoms with E-state index in [-0.39, 0.29) is 11.1 Å². The zero-order valence-electron chi connectivity index (χ0n) is 11.8. The molecule has 0 fully saturated rings. The van der Waals surface area contributed by atoms with Gasteiger partial charge in [0, 0.05) is 18.5 Å². The smallest absolute Gasteiger partial charge is 0.335 e. The lowest BCUT2D eigenvalue weighted by atomic mass is 10.2. The Hall–Kier alpha value is -3.48. The van der Waals surface area contributed by atoms with Crippen molar-refractivity contribution in [2.24, 2.45) is 0 Å². The third kappa shape index (κ3) is 2.67. The number of imidazole rings is 1. The molecule has 4 rings (SSSR count). The monoisotopic (exact) mass is 309 g/mol. The summed E-state index contributed by atoms with van der Waals surface area (Å²) in [5.41, 5.74) is 1.11. The van der Waals surface area contributed by atoms with Crippen molar-refractivity contribution < 1.29 is 9.90 Å². The van der Waals surface area contributed by atoms with Gasteiger partial charge in [-0.25, -0.2) is 9.78 Å². The number of carbonyl (C=O) groups is 1. The molecule has 0 aliphatic heterocycles. The summed E-state index contributed by atoms with van der Waals surface area (Å²) < 4.78 is 2.81. The van der Waals surface area contributed by atoms with Gasteiger partial charge < -0.3 is 5.11 Å². The molecule has 0 spiro atoms. The Kier molecular flexibility index (Phi) is 3.60. The summed E-state index contributed by atoms with van der Waals surface area (Å²) in [4.78, 5) is 36.9. The van der Waals surface area contributed by atoms with Crippen molar-refractivity contribution in [2.75, 3.05) is 0 Å². The van der Waals surface area contributed by atoms with Gasteiger partial charge in [-0.15, -0.1) is 0 Å². The first-order valence-corrected chi connectivity index (χ1v) is 6.67. The van der Waals surface area contributed by atoms with Gasteiger partial charge >= 0.3 is 5.97 Å². The molecule has 3 heterocycles. The SMILES string of the molecule is O=C(O)c1ccccc1.O=c1ccc2ncc(=O)n3ccn1c23. The zero-order valence-corrected chi connectivity index (χ0v) is 11.8. The number of aromatic carboxylic acids is 1. The molecule has 0 amide bonds. The molecule has 0 bridgehead atoms. The number of carboxylic acid groups (broad SMARTS) is 1. The van der Waals surface area contributed by atoms with Gasteiger partial charge in [-0.3, -0.25) is 18.4 Å². The summed E-state index contributed by atoms with van der Waals surface area (Å²) in [5.74, 6) is -0.879. The highest BCUT2D eigenvalue weighted by Gasteiger charge is 2.06. The van der Waals surface area contributed by atoms with Crippen molar-refractivity contribution in [2.45, 2.75) is 0 Å². The lowest BCUT2D eigenvalue weighted by Gasteiger charge is -1.97. The summed E-state index contributed by atoms with van der Waals surface area (Å²) in [6.45, 7) is 0. The van der Waals surface area contributed by atoms with Crippen LogP contribution in [0.5, 0.6) is 0 Å². The Bertz CT molecular complexity index is 1020. The molecule has 3 aromatic heterocycles. The van der Waals surface area contributed by atoms with Crippen LogP contribution >= 0.6 is 0 Å². The van der Waals surface area contributed by atoms with Crippen molar-refractivity contribution >= 4 is 17.1 Å². The van der Waals surface area contributed by atoms with Gasteiger partial charge in [-0.1, -0.05) is 18.2 Å². The van der Waals surface area contributed by atoms with Crippen molar-refractivity contribution in [3.63, 3.8) is 0 Å². The first kappa shape index (κ1) is 14.5. The normalized spacial score (nSPS) is 10.4. The van der Waals surface area contributed by atoms with Gasteiger partial charge in [0.2, 0.25) is 0 Å². The van der Waals surface area contributed by atoms with Gasteiger partial charge in [-0.2, -0.15) is 0 Å². The van der Waals surface area contributed by atoms with E-state index in [9.17, 15) is 14.4 Å². The number of hydrogen-bond donors (Lipinski definition) is 1. The van der Waals surface area contributed by atoms with Gasteiger partial charge in [0.1, 0.15) is 5.52 Å². The molecule has 0 unspecified atom stereocenters. The first-order valence-electron chi connectivity index (χ1n) is 6.67. The number of aromatic nitrogens is 3. The van der Waals surface area contributed by atoms with E-state index in [1.54, 1.807) is 48.8 Å². The zero-order chi connectivity index (χ0) is 16.4. The molecule has 0 saturated carbocycles. The van der Waals surface area contributed by atoms with Crippen LogP contribution in [0.2, 0.25) is 0 Å². The van der Waals surface area contributed by atoms with Gasteiger partial charge in [0.05, 0.1) is 11.8 Å². The van der Waals surface area contributed by atoms with E-state index in [1.807, 2.05) is 0 Å². The van der Waals surface area contributed by atoms with Crippen LogP contribution in [0.3, 0.4) is 0 Å². The van der Waals surface area contributed by atoms with E-state index in [0.717, 1.165) is 0 Å². The Morgan fingerprint density at radius 2 is 1.57 bits per heavy atom. The fraction of sp³-hybridized carbons (Fsp3) is 0. The Balaban J connectivity index is 0.000000151. The van der Waals surface area contributed by atoms with Crippen LogP contribution in [0, 0.1) is 0 Å². The maximum absolute atomic E-state index is 11.4. The van der Waals surface area contributed by atoms with Crippen LogP contribution < -0.4 is 11.1 Å². The molecule has 23 heavy (non-hydrogen) atoms. The van der Waals surface area contributed by atoms with E-state index in [2.05, 4.69) is 4.98 Å². The van der Waals surface area contributed by atoms with Crippen LogP contribution in [0.25, 0.3) is 11.2 Å². The maximum atomic E-state index is 11.4. The molecule has 0 saturated heterocycles. The number of benzene rings is 1. The average molecular weight is 309 g/mol. The predicted octanol–water partition coefficient (Wildman–Crippen LogP) is 1.13. The standard InChI is InChI=1S/C9H5N3O2.C7H6O2/c13-7-2-1-6-9-11(7)3-4-12(9)8(14)5-10-6;8-7(9)6-4-2-1-3-5-6/h1-5H;1-5H,(H,8,9). The average Bonchev–Trinajstić information content (AvgIpc) is 3.02. The minimum atomic E-state index is -0.879. The van der Waals surface area contributed by atoms with Gasteiger partial charge in [0.15, 0.2) is 5.65 Å². The molecule has 0 atom stereocenters. The fourth-order valence-corrected chi connectivity index (χ4v) is 2.17. The Morgan fingerprint density at radius 1 is 0.913 bits per heavy atom. The number of hydrogen-bond acceptors (Lipinski definition) is 4. The van der Waals surface area contributed by atoms with Gasteiger partial charge in [0.25, 0.3) is 11.1 Å². The Morgan fingerprint density at radius 3 is 2.17 bits per heavy atom. The molecule has 7 heteroatoms. The van der Waals surface area contributed by atoms with Crippen LogP contribution in [0.15, 0.2) is 70.6 Å². The second-order valence-corrected chi connectivity index (χ2v) is 4.69. The number of carboxylic acids is 1. The minimum Gasteiger partial charge on any atom is -0.478 e. The van der Waals surface area contributed by atoms with E-state index < -0.39 is 5.97 Å². The molecule has 0 aliphatic carbocycles. The molecule has 0 aliphatic rings. The van der Waals surface area contributed by atoms with E-state index in [1.165, 1.54) is 21.1 Å². The summed E-state index contributed by atoms with van der Waals surface area (Å²) >= 11 is 0. The second kappa shape index (κ2) is 5.72. The molecular weight excluding hydrogens is 298 g/mol. The topological polar surface area (TPSA) is 93.1 Å². The second-order valence-electron chi connectivity index (χ2n) is 4.69. The van der Waals surface area contributed by atoms with Crippen LogP contribution in [-0.4, -0.2) is 24.9 Å². The van der Waals surface area contributed by atoms with Crippen LogP contribution in [0.4, 0.5) is 0 Å². The molecular formula is C16H11N3O4. The quantitative estimate of drug-likeness (QED) is 0.569. The third-order valence-electron chi connectivity index (χ3n) is 3.24. The van der Waals surface area contributed by atoms with Crippen molar-refractivity contribution in [1.82, 2.24) is 13.8 Å². The van der Waals surface area contributed by atoms with E-state index in [4.69, 9.17) is 5.11 Å². The summed E-state index contributed by atoms with van der Waals surface area (Å²) in [7, 11) is 0. The van der Waals surface area contributed by atoms with Crippen molar-refractivity contribution in [3.8, 4) is 0 Å². The summed E-state index contributed by atoms with van der Waals surface area (Å²) in [5, 5.41) is 8.38. The largest absolute Gasteiger partial charge is 0.478 e. The fourth-order valence-electron chi connectivity index (χ4n) is 2.17. The minimum absolute atomic E-state index is 0.160. The summed E-state index contributed by atoms with van der Waals surface area (Å²) in [6.07, 6.45) is 4.37. The highest BCUT2D eigenvalue weighted by molar-refractivity contribution is 5.87. The Labute approximate surface area is 129 Å². The molecule has 1 aromatic carbocycles. The molecule has 0 radical (unpaired) electrons.